The zero-order valence-corrected chi connectivity index (χ0v) is 9.19. The summed E-state index contributed by atoms with van der Waals surface area (Å²) in [6.45, 7) is 0. The van der Waals surface area contributed by atoms with Gasteiger partial charge in [0.1, 0.15) is 17.9 Å². The smallest absolute Gasteiger partial charge is 0.183 e. The van der Waals surface area contributed by atoms with Crippen molar-refractivity contribution in [2.45, 2.75) is 0 Å². The van der Waals surface area contributed by atoms with Gasteiger partial charge in [-0.15, -0.1) is 0 Å². The van der Waals surface area contributed by atoms with Crippen molar-refractivity contribution >= 4 is 17.9 Å². The van der Waals surface area contributed by atoms with E-state index in [0.717, 1.165) is 6.07 Å². The average molecular weight is 253 g/mol. The number of carbonyl (C=O) groups excluding carboxylic acids is 1. The largest absolute Gasteiger partial charge is 0.452 e. The number of benzene rings is 1. The molecule has 0 amide bonds. The molecule has 6 heteroatoms. The summed E-state index contributed by atoms with van der Waals surface area (Å²) in [5, 5.41) is 0.112. The fourth-order valence-corrected chi connectivity index (χ4v) is 1.32. The summed E-state index contributed by atoms with van der Waals surface area (Å²) < 4.78 is 18.2. The lowest BCUT2D eigenvalue weighted by Crippen LogP contribution is -1.93. The Morgan fingerprint density at radius 1 is 1.35 bits per heavy atom. The molecule has 17 heavy (non-hydrogen) atoms. The van der Waals surface area contributed by atoms with Crippen molar-refractivity contribution in [3.8, 4) is 11.5 Å². The minimum Gasteiger partial charge on any atom is -0.452 e. The molecule has 0 aliphatic rings. The monoisotopic (exact) mass is 252 g/mol. The highest BCUT2D eigenvalue weighted by Crippen LogP contribution is 2.28. The molecule has 2 aromatic rings. The zero-order valence-electron chi connectivity index (χ0n) is 8.43. The minimum absolute atomic E-state index is 0.0879. The molecule has 86 valence electrons. The highest BCUT2D eigenvalue weighted by atomic mass is 35.5. The van der Waals surface area contributed by atoms with Crippen molar-refractivity contribution in [1.29, 1.82) is 0 Å². The Morgan fingerprint density at radius 3 is 2.88 bits per heavy atom. The summed E-state index contributed by atoms with van der Waals surface area (Å²) in [6.07, 6.45) is 3.11. The third-order valence-electron chi connectivity index (χ3n) is 1.95. The summed E-state index contributed by atoms with van der Waals surface area (Å²) in [5.74, 6) is -0.128. The first kappa shape index (κ1) is 11.5. The van der Waals surface area contributed by atoms with E-state index in [0.29, 0.717) is 6.29 Å². The van der Waals surface area contributed by atoms with Gasteiger partial charge in [-0.3, -0.25) is 4.79 Å². The van der Waals surface area contributed by atoms with Gasteiger partial charge in [0.05, 0.1) is 11.8 Å². The van der Waals surface area contributed by atoms with Crippen LogP contribution in [0.25, 0.3) is 0 Å². The Balaban J connectivity index is 2.36. The van der Waals surface area contributed by atoms with Crippen LogP contribution in [0.15, 0.2) is 30.7 Å². The molecule has 0 radical (unpaired) electrons. The van der Waals surface area contributed by atoms with Crippen LogP contribution in [0, 0.1) is 5.82 Å². The van der Waals surface area contributed by atoms with Gasteiger partial charge in [-0.2, -0.15) is 0 Å². The van der Waals surface area contributed by atoms with Crippen molar-refractivity contribution in [2.24, 2.45) is 0 Å². The standard InChI is InChI=1S/C11H6ClFN2O2/c12-11-10(4-14-6-15-11)17-9-2-1-8(13)3-7(9)5-16/h1-6H. The second-order valence-electron chi connectivity index (χ2n) is 3.08. The molecule has 2 rings (SSSR count). The molecule has 0 N–H and O–H groups in total. The van der Waals surface area contributed by atoms with Gasteiger partial charge < -0.3 is 4.74 Å². The van der Waals surface area contributed by atoms with Gasteiger partial charge in [-0.25, -0.2) is 14.4 Å². The van der Waals surface area contributed by atoms with Crippen LogP contribution in [0.1, 0.15) is 10.4 Å². The van der Waals surface area contributed by atoms with E-state index in [1.165, 1.54) is 24.7 Å². The van der Waals surface area contributed by atoms with Crippen molar-refractivity contribution in [2.75, 3.05) is 0 Å². The predicted molar refractivity (Wildman–Crippen MR) is 58.9 cm³/mol. The summed E-state index contributed by atoms with van der Waals surface area (Å²) >= 11 is 5.76. The van der Waals surface area contributed by atoms with Gasteiger partial charge in [-0.1, -0.05) is 11.6 Å². The van der Waals surface area contributed by atoms with Crippen LogP contribution in [0.4, 0.5) is 4.39 Å². The van der Waals surface area contributed by atoms with Crippen LogP contribution in [0.5, 0.6) is 11.5 Å². The van der Waals surface area contributed by atoms with Gasteiger partial charge in [0.15, 0.2) is 17.2 Å². The molecule has 0 aliphatic heterocycles. The Morgan fingerprint density at radius 2 is 2.18 bits per heavy atom. The number of nitrogens with zero attached hydrogens (tertiary/aromatic N) is 2. The first-order chi connectivity index (χ1) is 8.20. The third kappa shape index (κ3) is 2.57. The lowest BCUT2D eigenvalue weighted by atomic mass is 10.2. The molecule has 0 saturated carbocycles. The lowest BCUT2D eigenvalue weighted by Gasteiger charge is -2.07. The van der Waals surface area contributed by atoms with Gasteiger partial charge in [0.2, 0.25) is 0 Å². The number of hydrogen-bond donors (Lipinski definition) is 0. The molecule has 0 bridgehead atoms. The lowest BCUT2D eigenvalue weighted by molar-refractivity contribution is 0.112. The van der Waals surface area contributed by atoms with E-state index in [4.69, 9.17) is 16.3 Å². The maximum atomic E-state index is 12.9. The number of hydrogen-bond acceptors (Lipinski definition) is 4. The number of carbonyl (C=O) groups is 1. The Bertz CT molecular complexity index is 563. The van der Waals surface area contributed by atoms with Gasteiger partial charge in [0.25, 0.3) is 0 Å². The topological polar surface area (TPSA) is 52.1 Å². The van der Waals surface area contributed by atoms with Gasteiger partial charge in [-0.05, 0) is 18.2 Å². The van der Waals surface area contributed by atoms with Crippen LogP contribution in [0.2, 0.25) is 5.15 Å². The highest BCUT2D eigenvalue weighted by molar-refractivity contribution is 6.30. The second-order valence-corrected chi connectivity index (χ2v) is 3.44. The fraction of sp³-hybridized carbons (Fsp3) is 0. The quantitative estimate of drug-likeness (QED) is 0.623. The molecule has 0 spiro atoms. The molecule has 0 aliphatic carbocycles. The molecule has 1 aromatic carbocycles. The van der Waals surface area contributed by atoms with Crippen molar-refractivity contribution in [3.05, 3.63) is 47.3 Å². The molecule has 1 aromatic heterocycles. The van der Waals surface area contributed by atoms with Crippen molar-refractivity contribution in [3.63, 3.8) is 0 Å². The Labute approximate surface area is 101 Å². The van der Waals surface area contributed by atoms with Gasteiger partial charge >= 0.3 is 0 Å². The van der Waals surface area contributed by atoms with Crippen LogP contribution < -0.4 is 4.74 Å². The summed E-state index contributed by atoms with van der Waals surface area (Å²) in [4.78, 5) is 18.2. The number of rotatable bonds is 3. The Hall–Kier alpha value is -2.01. The normalized spacial score (nSPS) is 10.0. The number of ether oxygens (including phenoxy) is 1. The van der Waals surface area contributed by atoms with E-state index in [1.54, 1.807) is 0 Å². The van der Waals surface area contributed by atoms with Crippen LogP contribution in [-0.2, 0) is 0 Å². The molecular formula is C11H6ClFN2O2. The highest BCUT2D eigenvalue weighted by Gasteiger charge is 2.09. The summed E-state index contributed by atoms with van der Waals surface area (Å²) in [6, 6.07) is 3.59. The van der Waals surface area contributed by atoms with Gasteiger partial charge in [0, 0.05) is 0 Å². The molecule has 0 unspecified atom stereocenters. The first-order valence-corrected chi connectivity index (χ1v) is 4.96. The van der Waals surface area contributed by atoms with E-state index in [2.05, 4.69) is 9.97 Å². The SMILES string of the molecule is O=Cc1cc(F)ccc1Oc1cncnc1Cl. The number of halogens is 2. The van der Waals surface area contributed by atoms with E-state index in [9.17, 15) is 9.18 Å². The zero-order chi connectivity index (χ0) is 12.3. The number of aromatic nitrogens is 2. The fourth-order valence-electron chi connectivity index (χ4n) is 1.19. The molecule has 0 atom stereocenters. The third-order valence-corrected chi connectivity index (χ3v) is 2.24. The van der Waals surface area contributed by atoms with E-state index >= 15 is 0 Å². The second kappa shape index (κ2) is 4.88. The van der Waals surface area contributed by atoms with Crippen LogP contribution in [-0.4, -0.2) is 16.3 Å². The maximum Gasteiger partial charge on any atom is 0.183 e. The molecular weight excluding hydrogens is 247 g/mol. The van der Waals surface area contributed by atoms with Crippen molar-refractivity contribution < 1.29 is 13.9 Å². The molecule has 4 nitrogen and oxygen atoms in total. The summed E-state index contributed by atoms with van der Waals surface area (Å²) in [5.41, 5.74) is 0.0879. The van der Waals surface area contributed by atoms with Crippen LogP contribution in [0.3, 0.4) is 0 Å². The summed E-state index contributed by atoms with van der Waals surface area (Å²) in [7, 11) is 0. The Kier molecular flexibility index (Phi) is 3.30. The van der Waals surface area contributed by atoms with E-state index in [1.807, 2.05) is 0 Å². The van der Waals surface area contributed by atoms with E-state index < -0.39 is 5.82 Å². The average Bonchev–Trinajstić information content (AvgIpc) is 2.34. The molecule has 1 heterocycles. The molecule has 0 fully saturated rings. The predicted octanol–water partition coefficient (Wildman–Crippen LogP) is 2.87. The maximum absolute atomic E-state index is 12.9. The van der Waals surface area contributed by atoms with Crippen LogP contribution >= 0.6 is 11.6 Å². The van der Waals surface area contributed by atoms with Crippen molar-refractivity contribution in [1.82, 2.24) is 9.97 Å². The minimum atomic E-state index is -0.519. The first-order valence-electron chi connectivity index (χ1n) is 4.59. The number of aldehydes is 1. The van der Waals surface area contributed by atoms with E-state index in [-0.39, 0.29) is 22.2 Å². The molecule has 0 saturated heterocycles.